The van der Waals surface area contributed by atoms with Gasteiger partial charge in [-0.3, -0.25) is 9.10 Å². The normalized spacial score (nSPS) is 14.1. The van der Waals surface area contributed by atoms with Crippen molar-refractivity contribution in [1.82, 2.24) is 5.32 Å². The van der Waals surface area contributed by atoms with Crippen LogP contribution in [0.15, 0.2) is 36.4 Å². The Bertz CT molecular complexity index is 1060. The first-order chi connectivity index (χ1) is 14.6. The molecule has 0 saturated heterocycles. The fraction of sp³-hybridized carbons (Fsp3) is 0.381. The Labute approximate surface area is 192 Å². The summed E-state index contributed by atoms with van der Waals surface area (Å²) in [6, 6.07) is 9.95. The molecular formula is C21H24Cl2N2O5S. The van der Waals surface area contributed by atoms with E-state index in [1.54, 1.807) is 12.1 Å². The molecule has 1 atom stereocenters. The number of carbonyl (C=O) groups is 1. The number of anilines is 1. The second-order valence-electron chi connectivity index (χ2n) is 7.23. The third-order valence-electron chi connectivity index (χ3n) is 4.80. The molecule has 0 bridgehead atoms. The van der Waals surface area contributed by atoms with Crippen LogP contribution in [0.4, 0.5) is 5.69 Å². The molecule has 1 N–H and O–H groups in total. The number of hydrogen-bond donors (Lipinski definition) is 1. The summed E-state index contributed by atoms with van der Waals surface area (Å²) in [5.41, 5.74) is 1.30. The molecule has 2 aromatic rings. The maximum Gasteiger partial charge on any atom is 0.232 e. The highest BCUT2D eigenvalue weighted by Crippen LogP contribution is 2.32. The molecule has 0 fully saturated rings. The molecule has 168 valence electrons. The lowest BCUT2D eigenvalue weighted by Gasteiger charge is -2.23. The molecule has 0 aliphatic carbocycles. The molecule has 7 nitrogen and oxygen atoms in total. The van der Waals surface area contributed by atoms with E-state index in [1.807, 2.05) is 25.1 Å². The molecule has 0 aromatic heterocycles. The van der Waals surface area contributed by atoms with E-state index in [2.05, 4.69) is 5.32 Å². The predicted molar refractivity (Wildman–Crippen MR) is 122 cm³/mol. The van der Waals surface area contributed by atoms with Gasteiger partial charge in [0.2, 0.25) is 15.9 Å². The number of sulfonamides is 1. The summed E-state index contributed by atoms with van der Waals surface area (Å²) in [5, 5.41) is 3.53. The first-order valence-electron chi connectivity index (χ1n) is 9.77. The Hall–Kier alpha value is -2.16. The van der Waals surface area contributed by atoms with Crippen molar-refractivity contribution in [1.29, 1.82) is 0 Å². The molecule has 0 unspecified atom stereocenters. The van der Waals surface area contributed by atoms with Crippen LogP contribution < -0.4 is 19.1 Å². The zero-order valence-electron chi connectivity index (χ0n) is 17.2. The maximum atomic E-state index is 12.4. The van der Waals surface area contributed by atoms with Gasteiger partial charge in [-0.15, -0.1) is 0 Å². The van der Waals surface area contributed by atoms with Crippen LogP contribution in [0.3, 0.4) is 0 Å². The van der Waals surface area contributed by atoms with E-state index >= 15 is 0 Å². The second-order valence-corrected chi connectivity index (χ2v) is 9.95. The Balaban J connectivity index is 1.57. The number of nitrogens with one attached hydrogen (secondary N) is 1. The first kappa shape index (κ1) is 23.5. The minimum absolute atomic E-state index is 0.141. The molecule has 3 rings (SSSR count). The van der Waals surface area contributed by atoms with Crippen LogP contribution in [-0.2, 0) is 14.8 Å². The van der Waals surface area contributed by atoms with E-state index in [-0.39, 0.29) is 29.9 Å². The number of benzene rings is 2. The number of fused-ring (bicyclic) bond motifs is 1. The van der Waals surface area contributed by atoms with Gasteiger partial charge in [-0.25, -0.2) is 8.42 Å². The summed E-state index contributed by atoms with van der Waals surface area (Å²) in [7, 11) is -3.55. The number of hydrogen-bond acceptors (Lipinski definition) is 5. The number of carbonyl (C=O) groups excluding carboxylic acids is 1. The van der Waals surface area contributed by atoms with Crippen molar-refractivity contribution in [3.8, 4) is 11.5 Å². The highest BCUT2D eigenvalue weighted by atomic mass is 35.5. The Morgan fingerprint density at radius 2 is 1.81 bits per heavy atom. The highest BCUT2D eigenvalue weighted by Gasteiger charge is 2.20. The van der Waals surface area contributed by atoms with Gasteiger partial charge in [0.25, 0.3) is 0 Å². The molecule has 0 saturated carbocycles. The standard InChI is InChI=1S/C21H24Cl2N2O5S/c1-14(15-5-8-19-20(12-15)30-11-10-29-19)24-21(26)4-3-9-25(31(2,27)28)16-6-7-17(22)18(23)13-16/h5-8,12-14H,3-4,9-11H2,1-2H3,(H,24,26)/t14-/m1/s1. The van der Waals surface area contributed by atoms with Gasteiger partial charge in [0.05, 0.1) is 28.0 Å². The van der Waals surface area contributed by atoms with Crippen molar-refractivity contribution in [2.45, 2.75) is 25.8 Å². The lowest BCUT2D eigenvalue weighted by molar-refractivity contribution is -0.121. The average molecular weight is 487 g/mol. The van der Waals surface area contributed by atoms with Crippen LogP contribution in [0.2, 0.25) is 10.0 Å². The van der Waals surface area contributed by atoms with E-state index in [9.17, 15) is 13.2 Å². The molecule has 2 aromatic carbocycles. The van der Waals surface area contributed by atoms with E-state index in [4.69, 9.17) is 32.7 Å². The monoisotopic (exact) mass is 486 g/mol. The SMILES string of the molecule is C[C@@H](NC(=O)CCCN(c1ccc(Cl)c(Cl)c1)S(C)(=O)=O)c1ccc2c(c1)OCCO2. The van der Waals surface area contributed by atoms with Crippen molar-refractivity contribution in [3.05, 3.63) is 52.0 Å². The third kappa shape index (κ3) is 6.18. The summed E-state index contributed by atoms with van der Waals surface area (Å²) in [5.74, 6) is 1.18. The lowest BCUT2D eigenvalue weighted by Crippen LogP contribution is -2.32. The quantitative estimate of drug-likeness (QED) is 0.604. The van der Waals surface area contributed by atoms with Crippen molar-refractivity contribution in [2.75, 3.05) is 30.3 Å². The largest absolute Gasteiger partial charge is 0.486 e. The summed E-state index contributed by atoms with van der Waals surface area (Å²) < 4.78 is 36.7. The van der Waals surface area contributed by atoms with E-state index in [0.717, 1.165) is 11.8 Å². The Morgan fingerprint density at radius 3 is 2.48 bits per heavy atom. The third-order valence-corrected chi connectivity index (χ3v) is 6.73. The fourth-order valence-corrected chi connectivity index (χ4v) is 4.49. The van der Waals surface area contributed by atoms with Gasteiger partial charge in [-0.05, 0) is 49.2 Å². The number of rotatable bonds is 8. The number of halogens is 2. The van der Waals surface area contributed by atoms with Gasteiger partial charge < -0.3 is 14.8 Å². The van der Waals surface area contributed by atoms with Gasteiger partial charge in [0.15, 0.2) is 11.5 Å². The van der Waals surface area contributed by atoms with E-state index in [1.165, 1.54) is 10.4 Å². The van der Waals surface area contributed by atoms with Crippen LogP contribution in [0, 0.1) is 0 Å². The summed E-state index contributed by atoms with van der Waals surface area (Å²) in [6.07, 6.45) is 1.62. The van der Waals surface area contributed by atoms with Crippen LogP contribution >= 0.6 is 23.2 Å². The molecule has 0 spiro atoms. The molecule has 1 aliphatic rings. The Kier molecular flexibility index (Phi) is 7.56. The zero-order valence-corrected chi connectivity index (χ0v) is 19.6. The number of ether oxygens (including phenoxy) is 2. The maximum absolute atomic E-state index is 12.4. The van der Waals surface area contributed by atoms with Crippen LogP contribution in [0.25, 0.3) is 0 Å². The van der Waals surface area contributed by atoms with E-state index < -0.39 is 10.0 Å². The van der Waals surface area contributed by atoms with Gasteiger partial charge in [-0.1, -0.05) is 29.3 Å². The second kappa shape index (κ2) is 9.97. The van der Waals surface area contributed by atoms with Crippen molar-refractivity contribution in [3.63, 3.8) is 0 Å². The summed E-state index contributed by atoms with van der Waals surface area (Å²) in [6.45, 7) is 3.03. The minimum Gasteiger partial charge on any atom is -0.486 e. The number of amides is 1. The van der Waals surface area contributed by atoms with Gasteiger partial charge in [-0.2, -0.15) is 0 Å². The van der Waals surface area contributed by atoms with Crippen molar-refractivity contribution >= 4 is 44.8 Å². The minimum atomic E-state index is -3.55. The smallest absolute Gasteiger partial charge is 0.232 e. The molecule has 0 radical (unpaired) electrons. The molecular weight excluding hydrogens is 463 g/mol. The fourth-order valence-electron chi connectivity index (χ4n) is 3.24. The Morgan fingerprint density at radius 1 is 1.10 bits per heavy atom. The van der Waals surface area contributed by atoms with Gasteiger partial charge >= 0.3 is 0 Å². The molecule has 1 aliphatic heterocycles. The molecule has 1 amide bonds. The van der Waals surface area contributed by atoms with Crippen LogP contribution in [-0.4, -0.2) is 40.3 Å². The molecule has 31 heavy (non-hydrogen) atoms. The first-order valence-corrected chi connectivity index (χ1v) is 12.4. The molecule has 10 heteroatoms. The number of nitrogens with zero attached hydrogens (tertiary/aromatic N) is 1. The van der Waals surface area contributed by atoms with Crippen LogP contribution in [0.5, 0.6) is 11.5 Å². The summed E-state index contributed by atoms with van der Waals surface area (Å²) >= 11 is 11.9. The topological polar surface area (TPSA) is 84.9 Å². The van der Waals surface area contributed by atoms with Crippen molar-refractivity contribution < 1.29 is 22.7 Å². The lowest BCUT2D eigenvalue weighted by atomic mass is 10.1. The average Bonchev–Trinajstić information content (AvgIpc) is 2.72. The van der Waals surface area contributed by atoms with Gasteiger partial charge in [0, 0.05) is 13.0 Å². The van der Waals surface area contributed by atoms with Crippen molar-refractivity contribution in [2.24, 2.45) is 0 Å². The van der Waals surface area contributed by atoms with Gasteiger partial charge in [0.1, 0.15) is 13.2 Å². The predicted octanol–water partition coefficient (Wildman–Crippen LogP) is 4.19. The zero-order chi connectivity index (χ0) is 22.6. The van der Waals surface area contributed by atoms with Crippen LogP contribution in [0.1, 0.15) is 31.4 Å². The molecule has 1 heterocycles. The van der Waals surface area contributed by atoms with E-state index in [0.29, 0.717) is 41.8 Å². The highest BCUT2D eigenvalue weighted by molar-refractivity contribution is 7.92. The summed E-state index contributed by atoms with van der Waals surface area (Å²) in [4.78, 5) is 12.4.